The Bertz CT molecular complexity index is 1260. The van der Waals surface area contributed by atoms with Gasteiger partial charge in [-0.25, -0.2) is 18.2 Å². The third-order valence-electron chi connectivity index (χ3n) is 5.17. The summed E-state index contributed by atoms with van der Waals surface area (Å²) in [6, 6.07) is 17.6. The highest BCUT2D eigenvalue weighted by molar-refractivity contribution is 5.76. The van der Waals surface area contributed by atoms with Crippen molar-refractivity contribution in [2.45, 2.75) is 25.3 Å². The van der Waals surface area contributed by atoms with Crippen molar-refractivity contribution in [3.63, 3.8) is 0 Å². The molecule has 0 saturated heterocycles. The second-order valence-electron chi connectivity index (χ2n) is 7.61. The van der Waals surface area contributed by atoms with E-state index in [0.29, 0.717) is 29.0 Å². The van der Waals surface area contributed by atoms with E-state index in [0.717, 1.165) is 0 Å². The van der Waals surface area contributed by atoms with E-state index < -0.39 is 17.7 Å². The number of benzene rings is 3. The zero-order chi connectivity index (χ0) is 23.2. The van der Waals surface area contributed by atoms with Crippen LogP contribution in [0, 0.1) is 17.5 Å². The van der Waals surface area contributed by atoms with Gasteiger partial charge in [-0.2, -0.15) is 0 Å². The summed E-state index contributed by atoms with van der Waals surface area (Å²) in [5, 5.41) is 2.89. The highest BCUT2D eigenvalue weighted by atomic mass is 19.1. The van der Waals surface area contributed by atoms with E-state index in [1.165, 1.54) is 36.5 Å². The first kappa shape index (κ1) is 22.3. The van der Waals surface area contributed by atoms with Crippen LogP contribution >= 0.6 is 0 Å². The number of hydrogen-bond donors (Lipinski definition) is 1. The number of carbonyl (C=O) groups is 1. The summed E-state index contributed by atoms with van der Waals surface area (Å²) in [6.07, 6.45) is 1.98. The van der Waals surface area contributed by atoms with Crippen LogP contribution in [0.1, 0.15) is 29.5 Å². The van der Waals surface area contributed by atoms with Crippen molar-refractivity contribution in [3.05, 3.63) is 113 Å². The first-order valence-corrected chi connectivity index (χ1v) is 10.5. The normalized spacial score (nSPS) is 11.8. The summed E-state index contributed by atoms with van der Waals surface area (Å²) in [5.41, 5.74) is 1.54. The number of aromatic nitrogens is 1. The highest BCUT2D eigenvalue weighted by Crippen LogP contribution is 2.24. The molecule has 0 fully saturated rings. The van der Waals surface area contributed by atoms with Crippen molar-refractivity contribution in [2.24, 2.45) is 0 Å². The Morgan fingerprint density at radius 1 is 0.939 bits per heavy atom. The SMILES string of the molecule is O=C(CCc1ncc(-c2ccccc2F)o1)NC(Cc1cccc(F)c1)c1cccc(F)c1. The number of halogens is 3. The maximum Gasteiger partial charge on any atom is 0.221 e. The molecular weight excluding hydrogens is 429 g/mol. The molecule has 168 valence electrons. The van der Waals surface area contributed by atoms with E-state index in [4.69, 9.17) is 4.42 Å². The van der Waals surface area contributed by atoms with Gasteiger partial charge in [-0.3, -0.25) is 4.79 Å². The van der Waals surface area contributed by atoms with Crippen molar-refractivity contribution >= 4 is 5.91 Å². The monoisotopic (exact) mass is 450 g/mol. The zero-order valence-electron chi connectivity index (χ0n) is 17.6. The average molecular weight is 450 g/mol. The standard InChI is InChI=1S/C26H21F3N2O2/c27-19-7-3-5-17(13-19)14-23(18-6-4-8-20(28)15-18)31-25(32)11-12-26-30-16-24(33-26)21-9-1-2-10-22(21)29/h1-10,13,15-16,23H,11-12,14H2,(H,31,32). The Labute approximate surface area is 189 Å². The molecule has 0 bridgehead atoms. The molecule has 4 rings (SSSR count). The lowest BCUT2D eigenvalue weighted by atomic mass is 9.98. The lowest BCUT2D eigenvalue weighted by Crippen LogP contribution is -2.30. The van der Waals surface area contributed by atoms with E-state index in [2.05, 4.69) is 10.3 Å². The summed E-state index contributed by atoms with van der Waals surface area (Å²) >= 11 is 0. The summed E-state index contributed by atoms with van der Waals surface area (Å²) in [7, 11) is 0. The van der Waals surface area contributed by atoms with Crippen molar-refractivity contribution < 1.29 is 22.4 Å². The number of hydrogen-bond acceptors (Lipinski definition) is 3. The van der Waals surface area contributed by atoms with Crippen LogP contribution in [0.25, 0.3) is 11.3 Å². The van der Waals surface area contributed by atoms with Gasteiger partial charge in [-0.1, -0.05) is 36.4 Å². The smallest absolute Gasteiger partial charge is 0.221 e. The molecule has 4 nitrogen and oxygen atoms in total. The fraction of sp³-hybridized carbons (Fsp3) is 0.154. The lowest BCUT2D eigenvalue weighted by Gasteiger charge is -2.19. The third-order valence-corrected chi connectivity index (χ3v) is 5.17. The van der Waals surface area contributed by atoms with E-state index >= 15 is 0 Å². The van der Waals surface area contributed by atoms with Gasteiger partial charge in [0.15, 0.2) is 11.7 Å². The highest BCUT2D eigenvalue weighted by Gasteiger charge is 2.18. The van der Waals surface area contributed by atoms with Gasteiger partial charge in [0.05, 0.1) is 17.8 Å². The third kappa shape index (κ3) is 5.88. The maximum atomic E-state index is 13.9. The molecule has 0 aliphatic heterocycles. The largest absolute Gasteiger partial charge is 0.441 e. The molecule has 0 aliphatic carbocycles. The molecule has 1 amide bonds. The van der Waals surface area contributed by atoms with Crippen molar-refractivity contribution in [1.82, 2.24) is 10.3 Å². The number of rotatable bonds is 8. The van der Waals surface area contributed by atoms with Crippen LogP contribution in [0.2, 0.25) is 0 Å². The van der Waals surface area contributed by atoms with Crippen LogP contribution in [-0.4, -0.2) is 10.9 Å². The van der Waals surface area contributed by atoms with Crippen molar-refractivity contribution in [2.75, 3.05) is 0 Å². The molecule has 3 aromatic carbocycles. The fourth-order valence-corrected chi connectivity index (χ4v) is 3.57. The summed E-state index contributed by atoms with van der Waals surface area (Å²) in [6.45, 7) is 0. The number of amides is 1. The van der Waals surface area contributed by atoms with E-state index in [9.17, 15) is 18.0 Å². The Kier molecular flexibility index (Phi) is 6.88. The number of nitrogens with zero attached hydrogens (tertiary/aromatic N) is 1. The second kappa shape index (κ2) is 10.2. The zero-order valence-corrected chi connectivity index (χ0v) is 17.6. The van der Waals surface area contributed by atoms with Crippen molar-refractivity contribution in [1.29, 1.82) is 0 Å². The number of nitrogens with one attached hydrogen (secondary N) is 1. The first-order valence-electron chi connectivity index (χ1n) is 10.5. The summed E-state index contributed by atoms with van der Waals surface area (Å²) < 4.78 is 46.9. The minimum Gasteiger partial charge on any atom is -0.441 e. The number of carbonyl (C=O) groups excluding carboxylic acids is 1. The molecule has 33 heavy (non-hydrogen) atoms. The number of aryl methyl sites for hydroxylation is 1. The average Bonchev–Trinajstić information content (AvgIpc) is 3.26. The predicted octanol–water partition coefficient (Wildman–Crippen LogP) is 5.79. The Morgan fingerprint density at radius 2 is 1.70 bits per heavy atom. The predicted molar refractivity (Wildman–Crippen MR) is 118 cm³/mol. The molecule has 1 unspecified atom stereocenters. The molecule has 0 radical (unpaired) electrons. The topological polar surface area (TPSA) is 55.1 Å². The molecule has 1 atom stereocenters. The van der Waals surface area contributed by atoms with Gasteiger partial charge in [0.25, 0.3) is 0 Å². The number of oxazole rings is 1. The van der Waals surface area contributed by atoms with E-state index in [-0.39, 0.29) is 30.3 Å². The molecular formula is C26H21F3N2O2. The molecule has 1 aromatic heterocycles. The molecule has 1 N–H and O–H groups in total. The van der Waals surface area contributed by atoms with Gasteiger partial charge >= 0.3 is 0 Å². The van der Waals surface area contributed by atoms with Gasteiger partial charge in [-0.05, 0) is 53.9 Å². The second-order valence-corrected chi connectivity index (χ2v) is 7.61. The van der Waals surface area contributed by atoms with Crippen LogP contribution in [-0.2, 0) is 17.6 Å². The maximum absolute atomic E-state index is 13.9. The Morgan fingerprint density at radius 3 is 2.45 bits per heavy atom. The fourth-order valence-electron chi connectivity index (χ4n) is 3.57. The minimum absolute atomic E-state index is 0.0617. The molecule has 1 heterocycles. The first-order chi connectivity index (χ1) is 16.0. The molecule has 7 heteroatoms. The summed E-state index contributed by atoms with van der Waals surface area (Å²) in [5.74, 6) is -0.944. The van der Waals surface area contributed by atoms with Gasteiger partial charge in [-0.15, -0.1) is 0 Å². The summed E-state index contributed by atoms with van der Waals surface area (Å²) in [4.78, 5) is 16.8. The Balaban J connectivity index is 1.43. The molecule has 4 aromatic rings. The molecule has 0 aliphatic rings. The van der Waals surface area contributed by atoms with Gasteiger partial charge in [0.2, 0.25) is 5.91 Å². The molecule has 0 spiro atoms. The van der Waals surface area contributed by atoms with Crippen LogP contribution in [0.5, 0.6) is 0 Å². The Hall–Kier alpha value is -3.87. The van der Waals surface area contributed by atoms with Gasteiger partial charge < -0.3 is 9.73 Å². The van der Waals surface area contributed by atoms with Gasteiger partial charge in [0.1, 0.15) is 17.5 Å². The van der Waals surface area contributed by atoms with Crippen LogP contribution in [0.3, 0.4) is 0 Å². The van der Waals surface area contributed by atoms with E-state index in [1.54, 1.807) is 42.5 Å². The van der Waals surface area contributed by atoms with Crippen LogP contribution in [0.4, 0.5) is 13.2 Å². The molecule has 0 saturated carbocycles. The van der Waals surface area contributed by atoms with Crippen LogP contribution < -0.4 is 5.32 Å². The van der Waals surface area contributed by atoms with Crippen molar-refractivity contribution in [3.8, 4) is 11.3 Å². The van der Waals surface area contributed by atoms with Gasteiger partial charge in [0, 0.05) is 12.8 Å². The van der Waals surface area contributed by atoms with E-state index in [1.807, 2.05) is 0 Å². The van der Waals surface area contributed by atoms with Crippen LogP contribution in [0.15, 0.2) is 83.4 Å². The lowest BCUT2D eigenvalue weighted by molar-refractivity contribution is -0.121. The minimum atomic E-state index is -0.548. The quantitative estimate of drug-likeness (QED) is 0.370.